The molecule has 5 nitrogen and oxygen atoms in total. The molecule has 1 aliphatic rings. The molecule has 0 unspecified atom stereocenters. The second kappa shape index (κ2) is 7.28. The fourth-order valence-electron chi connectivity index (χ4n) is 2.69. The number of carbonyl (C=O) groups is 2. The summed E-state index contributed by atoms with van der Waals surface area (Å²) in [6, 6.07) is 6.83. The van der Waals surface area contributed by atoms with Gasteiger partial charge in [-0.15, -0.1) is 0 Å². The zero-order valence-corrected chi connectivity index (χ0v) is 14.4. The van der Waals surface area contributed by atoms with E-state index < -0.39 is 0 Å². The maximum Gasteiger partial charge on any atom is 0.257 e. The van der Waals surface area contributed by atoms with E-state index in [1.807, 2.05) is 0 Å². The van der Waals surface area contributed by atoms with Gasteiger partial charge in [-0.2, -0.15) is 0 Å². The molecule has 7 heteroatoms. The second-order valence-corrected chi connectivity index (χ2v) is 6.38. The number of benzene rings is 1. The number of halogens is 2. The Morgan fingerprint density at radius 3 is 2.21 bits per heavy atom. The summed E-state index contributed by atoms with van der Waals surface area (Å²) in [5.74, 6) is -0.120. The summed E-state index contributed by atoms with van der Waals surface area (Å²) in [7, 11) is 0. The van der Waals surface area contributed by atoms with Gasteiger partial charge in [0, 0.05) is 36.2 Å². The van der Waals surface area contributed by atoms with Crippen LogP contribution in [0.4, 0.5) is 0 Å². The van der Waals surface area contributed by atoms with Crippen molar-refractivity contribution in [3.05, 3.63) is 58.0 Å². The molecule has 0 atom stereocenters. The molecule has 1 aliphatic heterocycles. The van der Waals surface area contributed by atoms with Crippen LogP contribution in [0.3, 0.4) is 0 Å². The monoisotopic (exact) mass is 366 g/mol. The highest BCUT2D eigenvalue weighted by atomic mass is 35.5. The van der Waals surface area contributed by atoms with Crippen LogP contribution >= 0.6 is 23.2 Å². The number of hydrogen-bond acceptors (Lipinski definition) is 3. The number of rotatable bonds is 3. The molecule has 1 aromatic heterocycles. The predicted molar refractivity (Wildman–Crippen MR) is 91.4 cm³/mol. The van der Waals surface area contributed by atoms with E-state index in [4.69, 9.17) is 27.6 Å². The molecule has 1 fully saturated rings. The van der Waals surface area contributed by atoms with Gasteiger partial charge in [0.1, 0.15) is 6.26 Å². The molecule has 24 heavy (non-hydrogen) atoms. The molecule has 0 spiro atoms. The van der Waals surface area contributed by atoms with Crippen LogP contribution in [0.15, 0.2) is 41.2 Å². The van der Waals surface area contributed by atoms with Gasteiger partial charge in [0.05, 0.1) is 18.2 Å². The van der Waals surface area contributed by atoms with Crippen molar-refractivity contribution in [2.45, 2.75) is 6.42 Å². The van der Waals surface area contributed by atoms with Crippen molar-refractivity contribution in [1.82, 2.24) is 9.80 Å². The van der Waals surface area contributed by atoms with Gasteiger partial charge in [-0.1, -0.05) is 29.3 Å². The average Bonchev–Trinajstić information content (AvgIpc) is 3.12. The Hall–Kier alpha value is -1.98. The molecular formula is C17H16Cl2N2O3. The van der Waals surface area contributed by atoms with Crippen molar-refractivity contribution in [2.75, 3.05) is 26.2 Å². The topological polar surface area (TPSA) is 53.8 Å². The van der Waals surface area contributed by atoms with E-state index in [0.29, 0.717) is 47.4 Å². The van der Waals surface area contributed by atoms with Gasteiger partial charge >= 0.3 is 0 Å². The first-order valence-electron chi connectivity index (χ1n) is 7.58. The molecule has 0 saturated carbocycles. The summed E-state index contributed by atoms with van der Waals surface area (Å²) in [6.07, 6.45) is 3.06. The lowest BCUT2D eigenvalue weighted by molar-refractivity contribution is -0.131. The normalized spacial score (nSPS) is 14.8. The lowest BCUT2D eigenvalue weighted by Gasteiger charge is -2.34. The van der Waals surface area contributed by atoms with Crippen LogP contribution in [0.25, 0.3) is 0 Å². The molecule has 0 radical (unpaired) electrons. The van der Waals surface area contributed by atoms with E-state index in [-0.39, 0.29) is 18.2 Å². The Bertz CT molecular complexity index is 718. The first-order chi connectivity index (χ1) is 11.6. The fourth-order valence-corrected chi connectivity index (χ4v) is 3.22. The largest absolute Gasteiger partial charge is 0.472 e. The van der Waals surface area contributed by atoms with E-state index in [0.717, 1.165) is 0 Å². The van der Waals surface area contributed by atoms with Crippen LogP contribution < -0.4 is 0 Å². The molecule has 126 valence electrons. The first kappa shape index (κ1) is 16.9. The summed E-state index contributed by atoms with van der Waals surface area (Å²) in [4.78, 5) is 28.2. The number of hydrogen-bond donors (Lipinski definition) is 0. The maximum atomic E-state index is 12.5. The maximum absolute atomic E-state index is 12.5. The third-order valence-electron chi connectivity index (χ3n) is 4.08. The third kappa shape index (κ3) is 3.57. The minimum atomic E-state index is -0.0787. The van der Waals surface area contributed by atoms with Crippen LogP contribution in [0.2, 0.25) is 10.0 Å². The van der Waals surface area contributed by atoms with Crippen molar-refractivity contribution in [3.63, 3.8) is 0 Å². The summed E-state index contributed by atoms with van der Waals surface area (Å²) in [5, 5.41) is 0.981. The van der Waals surface area contributed by atoms with Crippen LogP contribution in [0, 0.1) is 0 Å². The summed E-state index contributed by atoms with van der Waals surface area (Å²) in [5.41, 5.74) is 1.17. The predicted octanol–water partition coefficient (Wildman–Crippen LogP) is 3.11. The van der Waals surface area contributed by atoms with Gasteiger partial charge in [-0.3, -0.25) is 9.59 Å². The Kier molecular flexibility index (Phi) is 5.11. The molecule has 0 N–H and O–H groups in total. The average molecular weight is 367 g/mol. The number of furan rings is 1. The smallest absolute Gasteiger partial charge is 0.257 e. The second-order valence-electron chi connectivity index (χ2n) is 5.56. The Labute approximate surface area is 149 Å². The molecule has 1 aromatic carbocycles. The highest BCUT2D eigenvalue weighted by Gasteiger charge is 2.26. The van der Waals surface area contributed by atoms with Gasteiger partial charge in [-0.25, -0.2) is 0 Å². The van der Waals surface area contributed by atoms with E-state index in [2.05, 4.69) is 0 Å². The van der Waals surface area contributed by atoms with Gasteiger partial charge in [0.15, 0.2) is 0 Å². The molecule has 2 aromatic rings. The molecule has 3 rings (SSSR count). The number of amides is 2. The zero-order valence-electron chi connectivity index (χ0n) is 12.9. The highest BCUT2D eigenvalue weighted by molar-refractivity contribution is 6.36. The number of nitrogens with zero attached hydrogens (tertiary/aromatic N) is 2. The SMILES string of the molecule is O=C(Cc1c(Cl)cccc1Cl)N1CCN(C(=O)c2ccoc2)CC1. The molecule has 2 amide bonds. The van der Waals surface area contributed by atoms with Gasteiger partial charge in [-0.05, 0) is 23.8 Å². The zero-order chi connectivity index (χ0) is 17.1. The van der Waals surface area contributed by atoms with Crippen molar-refractivity contribution in [1.29, 1.82) is 0 Å². The van der Waals surface area contributed by atoms with Gasteiger partial charge in [0.2, 0.25) is 5.91 Å². The standard InChI is InChI=1S/C17H16Cl2N2O3/c18-14-2-1-3-15(19)13(14)10-16(22)20-5-7-21(8-6-20)17(23)12-4-9-24-11-12/h1-4,9,11H,5-8,10H2. The Morgan fingerprint density at radius 1 is 1.00 bits per heavy atom. The van der Waals surface area contributed by atoms with Crippen LogP contribution in [0.5, 0.6) is 0 Å². The summed E-state index contributed by atoms with van der Waals surface area (Å²) < 4.78 is 4.94. The van der Waals surface area contributed by atoms with E-state index >= 15 is 0 Å². The van der Waals surface area contributed by atoms with Crippen molar-refractivity contribution < 1.29 is 14.0 Å². The summed E-state index contributed by atoms with van der Waals surface area (Å²) in [6.45, 7) is 1.97. The van der Waals surface area contributed by atoms with Crippen LogP contribution in [0.1, 0.15) is 15.9 Å². The van der Waals surface area contributed by atoms with E-state index in [1.165, 1.54) is 12.5 Å². The number of piperazine rings is 1. The van der Waals surface area contributed by atoms with Crippen molar-refractivity contribution >= 4 is 35.0 Å². The quantitative estimate of drug-likeness (QED) is 0.838. The fraction of sp³-hybridized carbons (Fsp3) is 0.294. The first-order valence-corrected chi connectivity index (χ1v) is 8.34. The third-order valence-corrected chi connectivity index (χ3v) is 4.79. The molecular weight excluding hydrogens is 351 g/mol. The highest BCUT2D eigenvalue weighted by Crippen LogP contribution is 2.25. The molecule has 0 aliphatic carbocycles. The Balaban J connectivity index is 1.58. The lowest BCUT2D eigenvalue weighted by Crippen LogP contribution is -2.51. The molecule has 2 heterocycles. The van der Waals surface area contributed by atoms with Crippen molar-refractivity contribution in [2.24, 2.45) is 0 Å². The van der Waals surface area contributed by atoms with Crippen molar-refractivity contribution in [3.8, 4) is 0 Å². The molecule has 1 saturated heterocycles. The molecule has 0 bridgehead atoms. The number of carbonyl (C=O) groups excluding carboxylic acids is 2. The Morgan fingerprint density at radius 2 is 1.62 bits per heavy atom. The van der Waals surface area contributed by atoms with Crippen LogP contribution in [-0.4, -0.2) is 47.8 Å². The minimum absolute atomic E-state index is 0.0413. The van der Waals surface area contributed by atoms with Gasteiger partial charge < -0.3 is 14.2 Å². The van der Waals surface area contributed by atoms with E-state index in [1.54, 1.807) is 34.1 Å². The lowest BCUT2D eigenvalue weighted by atomic mass is 10.1. The van der Waals surface area contributed by atoms with Crippen LogP contribution in [-0.2, 0) is 11.2 Å². The summed E-state index contributed by atoms with van der Waals surface area (Å²) >= 11 is 12.2. The minimum Gasteiger partial charge on any atom is -0.472 e. The van der Waals surface area contributed by atoms with Gasteiger partial charge in [0.25, 0.3) is 5.91 Å². The van der Waals surface area contributed by atoms with E-state index in [9.17, 15) is 9.59 Å².